The molecule has 0 aliphatic carbocycles. The van der Waals surface area contributed by atoms with E-state index in [2.05, 4.69) is 10.6 Å². The monoisotopic (exact) mass is 237 g/mol. The molecule has 0 atom stereocenters. The van der Waals surface area contributed by atoms with E-state index < -0.39 is 0 Å². The van der Waals surface area contributed by atoms with Crippen LogP contribution in [0.1, 0.15) is 0 Å². The van der Waals surface area contributed by atoms with Crippen LogP contribution in [-0.4, -0.2) is 30.8 Å². The van der Waals surface area contributed by atoms with Gasteiger partial charge in [-0.15, -0.1) is 11.8 Å². The summed E-state index contributed by atoms with van der Waals surface area (Å²) in [5.74, 6) is 0.0341. The molecule has 0 bridgehead atoms. The lowest BCUT2D eigenvalue weighted by atomic mass is 10.1. The molecule has 1 aromatic carbocycles. The number of primary amides is 1. The van der Waals surface area contributed by atoms with E-state index in [0.717, 1.165) is 23.7 Å². The molecule has 1 aliphatic rings. The SMILES string of the molecule is NC(=O)CSc1ccccc1NC1CNC1. The number of hydrogen-bond donors (Lipinski definition) is 3. The number of thioether (sulfide) groups is 1. The molecule has 1 heterocycles. The van der Waals surface area contributed by atoms with Gasteiger partial charge >= 0.3 is 0 Å². The van der Waals surface area contributed by atoms with E-state index in [1.165, 1.54) is 11.8 Å². The van der Waals surface area contributed by atoms with Crippen molar-refractivity contribution in [2.45, 2.75) is 10.9 Å². The summed E-state index contributed by atoms with van der Waals surface area (Å²) < 4.78 is 0. The van der Waals surface area contributed by atoms with Crippen LogP contribution in [0.15, 0.2) is 29.2 Å². The number of benzene rings is 1. The highest BCUT2D eigenvalue weighted by Crippen LogP contribution is 2.27. The third-order valence-corrected chi connectivity index (χ3v) is 3.49. The number of rotatable bonds is 5. The van der Waals surface area contributed by atoms with Gasteiger partial charge in [0.2, 0.25) is 5.91 Å². The van der Waals surface area contributed by atoms with Gasteiger partial charge in [-0.1, -0.05) is 12.1 Å². The van der Waals surface area contributed by atoms with Gasteiger partial charge < -0.3 is 16.4 Å². The minimum Gasteiger partial charge on any atom is -0.379 e. The Bertz CT molecular complexity index is 379. The highest BCUT2D eigenvalue weighted by molar-refractivity contribution is 8.00. The topological polar surface area (TPSA) is 67.2 Å². The molecule has 0 saturated carbocycles. The minimum atomic E-state index is -0.287. The molecule has 2 rings (SSSR count). The molecule has 1 saturated heterocycles. The van der Waals surface area contributed by atoms with Crippen molar-refractivity contribution in [3.8, 4) is 0 Å². The van der Waals surface area contributed by atoms with E-state index in [1.807, 2.05) is 24.3 Å². The van der Waals surface area contributed by atoms with Gasteiger partial charge in [-0.25, -0.2) is 0 Å². The Morgan fingerprint density at radius 1 is 1.50 bits per heavy atom. The van der Waals surface area contributed by atoms with Gasteiger partial charge in [0, 0.05) is 23.7 Å². The van der Waals surface area contributed by atoms with Crippen LogP contribution in [0.5, 0.6) is 0 Å². The lowest BCUT2D eigenvalue weighted by Gasteiger charge is -2.29. The summed E-state index contributed by atoms with van der Waals surface area (Å²) in [5.41, 5.74) is 6.22. The van der Waals surface area contributed by atoms with Crippen molar-refractivity contribution < 1.29 is 4.79 Å². The van der Waals surface area contributed by atoms with Crippen molar-refractivity contribution >= 4 is 23.4 Å². The third-order valence-electron chi connectivity index (χ3n) is 2.40. The van der Waals surface area contributed by atoms with Crippen molar-refractivity contribution in [2.75, 3.05) is 24.2 Å². The molecule has 16 heavy (non-hydrogen) atoms. The van der Waals surface area contributed by atoms with E-state index in [9.17, 15) is 4.79 Å². The number of para-hydroxylation sites is 1. The van der Waals surface area contributed by atoms with Gasteiger partial charge in [0.25, 0.3) is 0 Å². The first kappa shape index (κ1) is 11.3. The normalized spacial score (nSPS) is 15.5. The quantitative estimate of drug-likeness (QED) is 0.658. The molecule has 5 heteroatoms. The highest BCUT2D eigenvalue weighted by Gasteiger charge is 2.17. The molecule has 0 unspecified atom stereocenters. The zero-order chi connectivity index (χ0) is 11.4. The van der Waals surface area contributed by atoms with Crippen LogP contribution < -0.4 is 16.4 Å². The number of nitrogens with one attached hydrogen (secondary N) is 2. The second-order valence-electron chi connectivity index (χ2n) is 3.75. The average molecular weight is 237 g/mol. The maximum atomic E-state index is 10.7. The largest absolute Gasteiger partial charge is 0.379 e. The van der Waals surface area contributed by atoms with E-state index in [1.54, 1.807) is 0 Å². The maximum absolute atomic E-state index is 10.7. The van der Waals surface area contributed by atoms with Crippen molar-refractivity contribution in [1.82, 2.24) is 5.32 Å². The molecular weight excluding hydrogens is 222 g/mol. The number of carbonyl (C=O) groups is 1. The third kappa shape index (κ3) is 2.90. The Labute approximate surface area is 99.0 Å². The van der Waals surface area contributed by atoms with Crippen molar-refractivity contribution in [3.05, 3.63) is 24.3 Å². The van der Waals surface area contributed by atoms with Crippen LogP contribution in [0.2, 0.25) is 0 Å². The molecule has 0 radical (unpaired) electrons. The van der Waals surface area contributed by atoms with Crippen LogP contribution in [0.25, 0.3) is 0 Å². The van der Waals surface area contributed by atoms with Crippen LogP contribution in [0.3, 0.4) is 0 Å². The summed E-state index contributed by atoms with van der Waals surface area (Å²) >= 11 is 1.47. The van der Waals surface area contributed by atoms with Gasteiger partial charge in [-0.3, -0.25) is 4.79 Å². The van der Waals surface area contributed by atoms with E-state index >= 15 is 0 Å². The summed E-state index contributed by atoms with van der Waals surface area (Å²) in [6.45, 7) is 1.99. The fourth-order valence-electron chi connectivity index (χ4n) is 1.47. The first-order chi connectivity index (χ1) is 7.75. The Kier molecular flexibility index (Phi) is 3.69. The molecule has 0 aromatic heterocycles. The van der Waals surface area contributed by atoms with Crippen molar-refractivity contribution in [3.63, 3.8) is 0 Å². The zero-order valence-corrected chi connectivity index (χ0v) is 9.72. The Balaban J connectivity index is 2.00. The van der Waals surface area contributed by atoms with E-state index in [0.29, 0.717) is 11.8 Å². The van der Waals surface area contributed by atoms with Gasteiger partial charge in [0.15, 0.2) is 0 Å². The lowest BCUT2D eigenvalue weighted by molar-refractivity contribution is -0.115. The second-order valence-corrected chi connectivity index (χ2v) is 4.77. The van der Waals surface area contributed by atoms with E-state index in [-0.39, 0.29) is 5.91 Å². The molecule has 1 fully saturated rings. The summed E-state index contributed by atoms with van der Waals surface area (Å²) in [6, 6.07) is 8.48. The van der Waals surface area contributed by atoms with Crippen LogP contribution in [0, 0.1) is 0 Å². The maximum Gasteiger partial charge on any atom is 0.227 e. The average Bonchev–Trinajstić information content (AvgIpc) is 2.22. The molecule has 4 nitrogen and oxygen atoms in total. The molecule has 1 amide bonds. The molecule has 1 aliphatic heterocycles. The number of anilines is 1. The fourth-order valence-corrected chi connectivity index (χ4v) is 2.23. The standard InChI is InChI=1S/C11H15N3OS/c12-11(15)7-16-10-4-2-1-3-9(10)14-8-5-13-6-8/h1-4,8,13-14H,5-7H2,(H2,12,15). The summed E-state index contributed by atoms with van der Waals surface area (Å²) in [5, 5.41) is 6.64. The molecule has 1 aromatic rings. The predicted octanol–water partition coefficient (Wildman–Crippen LogP) is 0.648. The predicted molar refractivity (Wildman–Crippen MR) is 66.6 cm³/mol. The first-order valence-electron chi connectivity index (χ1n) is 5.23. The van der Waals surface area contributed by atoms with Crippen LogP contribution in [-0.2, 0) is 4.79 Å². The molecular formula is C11H15N3OS. The van der Waals surface area contributed by atoms with Gasteiger partial charge in [-0.2, -0.15) is 0 Å². The van der Waals surface area contributed by atoms with Crippen LogP contribution >= 0.6 is 11.8 Å². The highest BCUT2D eigenvalue weighted by atomic mass is 32.2. The fraction of sp³-hybridized carbons (Fsp3) is 0.364. The van der Waals surface area contributed by atoms with Crippen LogP contribution in [0.4, 0.5) is 5.69 Å². The Morgan fingerprint density at radius 2 is 2.25 bits per heavy atom. The van der Waals surface area contributed by atoms with E-state index in [4.69, 9.17) is 5.73 Å². The van der Waals surface area contributed by atoms with Gasteiger partial charge in [0.1, 0.15) is 0 Å². The van der Waals surface area contributed by atoms with Crippen molar-refractivity contribution in [1.29, 1.82) is 0 Å². The lowest BCUT2D eigenvalue weighted by Crippen LogP contribution is -2.51. The minimum absolute atomic E-state index is 0.287. The number of hydrogen-bond acceptors (Lipinski definition) is 4. The molecule has 0 spiro atoms. The molecule has 86 valence electrons. The zero-order valence-electron chi connectivity index (χ0n) is 8.90. The summed E-state index contributed by atoms with van der Waals surface area (Å²) in [4.78, 5) is 11.8. The Hall–Kier alpha value is -1.20. The molecule has 4 N–H and O–H groups in total. The summed E-state index contributed by atoms with van der Waals surface area (Å²) in [6.07, 6.45) is 0. The number of amides is 1. The smallest absolute Gasteiger partial charge is 0.227 e. The van der Waals surface area contributed by atoms with Crippen molar-refractivity contribution in [2.24, 2.45) is 5.73 Å². The number of carbonyl (C=O) groups excluding carboxylic acids is 1. The summed E-state index contributed by atoms with van der Waals surface area (Å²) in [7, 11) is 0. The Morgan fingerprint density at radius 3 is 2.88 bits per heavy atom. The van der Waals surface area contributed by atoms with Gasteiger partial charge in [0.05, 0.1) is 11.8 Å². The number of nitrogens with two attached hydrogens (primary N) is 1. The first-order valence-corrected chi connectivity index (χ1v) is 6.21. The van der Waals surface area contributed by atoms with Gasteiger partial charge in [-0.05, 0) is 12.1 Å². The second kappa shape index (κ2) is 5.23.